The Morgan fingerprint density at radius 1 is 1.38 bits per heavy atom. The monoisotopic (exact) mass is 228 g/mol. The van der Waals surface area contributed by atoms with Crippen LogP contribution in [0.25, 0.3) is 0 Å². The van der Waals surface area contributed by atoms with Crippen molar-refractivity contribution in [2.45, 2.75) is 51.7 Å². The maximum Gasteiger partial charge on any atom is 0.239 e. The molecule has 0 radical (unpaired) electrons. The van der Waals surface area contributed by atoms with Gasteiger partial charge in [-0.3, -0.25) is 4.79 Å². The van der Waals surface area contributed by atoms with E-state index in [1.54, 1.807) is 6.92 Å². The van der Waals surface area contributed by atoms with Crippen LogP contribution in [0.4, 0.5) is 0 Å². The van der Waals surface area contributed by atoms with Gasteiger partial charge in [-0.15, -0.1) is 0 Å². The molecule has 1 rings (SSSR count). The first-order valence-corrected chi connectivity index (χ1v) is 6.31. The minimum absolute atomic E-state index is 0.0906. The largest absolute Gasteiger partial charge is 0.393 e. The minimum atomic E-state index is -0.244. The minimum Gasteiger partial charge on any atom is -0.393 e. The third-order valence-corrected chi connectivity index (χ3v) is 3.04. The van der Waals surface area contributed by atoms with Crippen LogP contribution in [-0.4, -0.2) is 47.7 Å². The van der Waals surface area contributed by atoms with E-state index >= 15 is 0 Å². The first kappa shape index (κ1) is 13.5. The molecule has 1 saturated heterocycles. The van der Waals surface area contributed by atoms with Crippen LogP contribution in [0.15, 0.2) is 0 Å². The van der Waals surface area contributed by atoms with Crippen molar-refractivity contribution in [3.8, 4) is 0 Å². The molecule has 0 bridgehead atoms. The number of rotatable bonds is 6. The van der Waals surface area contributed by atoms with Gasteiger partial charge >= 0.3 is 0 Å². The molecule has 16 heavy (non-hydrogen) atoms. The summed E-state index contributed by atoms with van der Waals surface area (Å²) in [7, 11) is 0. The maximum absolute atomic E-state index is 11.9. The lowest BCUT2D eigenvalue weighted by molar-refractivity contribution is -0.131. The van der Waals surface area contributed by atoms with Crippen LogP contribution < -0.4 is 5.32 Å². The second-order valence-electron chi connectivity index (χ2n) is 4.70. The molecule has 0 aromatic heterocycles. The number of nitrogens with zero attached hydrogens (tertiary/aromatic N) is 1. The second kappa shape index (κ2) is 6.86. The molecule has 2 N–H and O–H groups in total. The van der Waals surface area contributed by atoms with E-state index in [9.17, 15) is 4.79 Å². The van der Waals surface area contributed by atoms with Crippen LogP contribution in [0.3, 0.4) is 0 Å². The van der Waals surface area contributed by atoms with E-state index in [0.717, 1.165) is 45.3 Å². The Morgan fingerprint density at radius 2 is 2.00 bits per heavy atom. The summed E-state index contributed by atoms with van der Waals surface area (Å²) in [5, 5.41) is 12.3. The molecule has 1 aliphatic rings. The molecule has 2 atom stereocenters. The van der Waals surface area contributed by atoms with Gasteiger partial charge in [0.15, 0.2) is 0 Å². The van der Waals surface area contributed by atoms with E-state index in [1.807, 2.05) is 11.8 Å². The average Bonchev–Trinajstić information content (AvgIpc) is 2.76. The SMILES string of the molecule is CC(O)CCCNC(C)C(=O)N1CCCC1. The van der Waals surface area contributed by atoms with Crippen LogP contribution in [0.5, 0.6) is 0 Å². The Balaban J connectivity index is 2.13. The summed E-state index contributed by atoms with van der Waals surface area (Å²) in [6, 6.07) is -0.0906. The zero-order valence-corrected chi connectivity index (χ0v) is 10.4. The van der Waals surface area contributed by atoms with Gasteiger partial charge in [0, 0.05) is 13.1 Å². The number of hydrogen-bond donors (Lipinski definition) is 2. The fourth-order valence-electron chi connectivity index (χ4n) is 2.01. The van der Waals surface area contributed by atoms with Gasteiger partial charge in [0.2, 0.25) is 5.91 Å². The van der Waals surface area contributed by atoms with Gasteiger partial charge in [0.05, 0.1) is 12.1 Å². The molecule has 0 saturated carbocycles. The van der Waals surface area contributed by atoms with Crippen molar-refractivity contribution < 1.29 is 9.90 Å². The number of hydrogen-bond acceptors (Lipinski definition) is 3. The average molecular weight is 228 g/mol. The Bertz CT molecular complexity index is 213. The third-order valence-electron chi connectivity index (χ3n) is 3.04. The van der Waals surface area contributed by atoms with Crippen molar-refractivity contribution >= 4 is 5.91 Å². The molecule has 94 valence electrons. The predicted molar refractivity (Wildman–Crippen MR) is 64.2 cm³/mol. The molecule has 1 amide bonds. The van der Waals surface area contributed by atoms with Crippen molar-refractivity contribution in [2.75, 3.05) is 19.6 Å². The van der Waals surface area contributed by atoms with Crippen molar-refractivity contribution in [2.24, 2.45) is 0 Å². The molecule has 1 aliphatic heterocycles. The standard InChI is InChI=1S/C12H24N2O2/c1-10(15)6-5-7-13-11(2)12(16)14-8-3-4-9-14/h10-11,13,15H,3-9H2,1-2H3. The second-order valence-corrected chi connectivity index (χ2v) is 4.70. The fraction of sp³-hybridized carbons (Fsp3) is 0.917. The number of nitrogens with one attached hydrogen (secondary N) is 1. The van der Waals surface area contributed by atoms with Gasteiger partial charge < -0.3 is 15.3 Å². The van der Waals surface area contributed by atoms with Gasteiger partial charge in [0.1, 0.15) is 0 Å². The maximum atomic E-state index is 11.9. The van der Waals surface area contributed by atoms with Gasteiger partial charge in [-0.05, 0) is 46.1 Å². The Labute approximate surface area is 98.0 Å². The Kier molecular flexibility index (Phi) is 5.77. The topological polar surface area (TPSA) is 52.6 Å². The van der Waals surface area contributed by atoms with Gasteiger partial charge in [-0.2, -0.15) is 0 Å². The molecule has 4 nitrogen and oxygen atoms in total. The molecule has 0 aromatic carbocycles. The highest BCUT2D eigenvalue weighted by Gasteiger charge is 2.22. The first-order chi connectivity index (χ1) is 7.61. The normalized spacial score (nSPS) is 19.8. The zero-order chi connectivity index (χ0) is 12.0. The number of amides is 1. The number of carbonyl (C=O) groups is 1. The molecule has 4 heteroatoms. The molecule has 0 spiro atoms. The van der Waals surface area contributed by atoms with Crippen LogP contribution in [0.2, 0.25) is 0 Å². The molecule has 1 heterocycles. The summed E-state index contributed by atoms with van der Waals surface area (Å²) in [6.07, 6.45) is 3.74. The van der Waals surface area contributed by atoms with Crippen molar-refractivity contribution in [3.05, 3.63) is 0 Å². The van der Waals surface area contributed by atoms with E-state index < -0.39 is 0 Å². The fourth-order valence-corrected chi connectivity index (χ4v) is 2.01. The molecular weight excluding hydrogens is 204 g/mol. The number of carbonyl (C=O) groups excluding carboxylic acids is 1. The number of aliphatic hydroxyl groups excluding tert-OH is 1. The number of likely N-dealkylation sites (tertiary alicyclic amines) is 1. The quantitative estimate of drug-likeness (QED) is 0.660. The zero-order valence-electron chi connectivity index (χ0n) is 10.4. The van der Waals surface area contributed by atoms with Gasteiger partial charge in [-0.1, -0.05) is 0 Å². The highest BCUT2D eigenvalue weighted by molar-refractivity contribution is 5.81. The Morgan fingerprint density at radius 3 is 2.56 bits per heavy atom. The van der Waals surface area contributed by atoms with Gasteiger partial charge in [0.25, 0.3) is 0 Å². The number of aliphatic hydroxyl groups is 1. The Hall–Kier alpha value is -0.610. The van der Waals surface area contributed by atoms with E-state index in [1.165, 1.54) is 0 Å². The van der Waals surface area contributed by atoms with Crippen LogP contribution in [0, 0.1) is 0 Å². The first-order valence-electron chi connectivity index (χ1n) is 6.31. The third kappa shape index (κ3) is 4.49. The van der Waals surface area contributed by atoms with Crippen molar-refractivity contribution in [1.82, 2.24) is 10.2 Å². The van der Waals surface area contributed by atoms with E-state index in [2.05, 4.69) is 5.32 Å². The summed E-state index contributed by atoms with van der Waals surface area (Å²) in [6.45, 7) is 6.34. The lowest BCUT2D eigenvalue weighted by Crippen LogP contribution is -2.43. The molecule has 2 unspecified atom stereocenters. The van der Waals surface area contributed by atoms with Gasteiger partial charge in [-0.25, -0.2) is 0 Å². The van der Waals surface area contributed by atoms with Crippen LogP contribution in [0.1, 0.15) is 39.5 Å². The lowest BCUT2D eigenvalue weighted by Gasteiger charge is -2.21. The summed E-state index contributed by atoms with van der Waals surface area (Å²) in [5.74, 6) is 0.217. The van der Waals surface area contributed by atoms with Crippen molar-refractivity contribution in [3.63, 3.8) is 0 Å². The van der Waals surface area contributed by atoms with Crippen LogP contribution >= 0.6 is 0 Å². The summed E-state index contributed by atoms with van der Waals surface area (Å²) >= 11 is 0. The smallest absolute Gasteiger partial charge is 0.239 e. The summed E-state index contributed by atoms with van der Waals surface area (Å²) in [4.78, 5) is 13.8. The van der Waals surface area contributed by atoms with E-state index in [-0.39, 0.29) is 18.1 Å². The van der Waals surface area contributed by atoms with E-state index in [4.69, 9.17) is 5.11 Å². The molecular formula is C12H24N2O2. The summed E-state index contributed by atoms with van der Waals surface area (Å²) < 4.78 is 0. The molecule has 1 fully saturated rings. The molecule has 0 aliphatic carbocycles. The molecule has 0 aromatic rings. The highest BCUT2D eigenvalue weighted by Crippen LogP contribution is 2.08. The van der Waals surface area contributed by atoms with Crippen molar-refractivity contribution in [1.29, 1.82) is 0 Å². The summed E-state index contributed by atoms with van der Waals surface area (Å²) in [5.41, 5.74) is 0. The van der Waals surface area contributed by atoms with Crippen LogP contribution in [-0.2, 0) is 4.79 Å². The predicted octanol–water partition coefficient (Wildman–Crippen LogP) is 0.748. The lowest BCUT2D eigenvalue weighted by atomic mass is 10.2. The van der Waals surface area contributed by atoms with E-state index in [0.29, 0.717) is 0 Å². The highest BCUT2D eigenvalue weighted by atomic mass is 16.3.